The molecular weight excluding hydrogens is 628 g/mol. The normalized spacial score (nSPS) is 32.5. The first kappa shape index (κ1) is 32.9. The summed E-state index contributed by atoms with van der Waals surface area (Å²) in [6, 6.07) is 13.0. The van der Waals surface area contributed by atoms with E-state index in [2.05, 4.69) is 29.8 Å². The second-order valence-corrected chi connectivity index (χ2v) is 14.5. The summed E-state index contributed by atoms with van der Waals surface area (Å²) in [5.74, 6) is -3.77. The van der Waals surface area contributed by atoms with E-state index in [4.69, 9.17) is 14.2 Å². The molecule has 2 aliphatic rings. The number of aliphatic hydroxyl groups is 2. The third-order valence-corrected chi connectivity index (χ3v) is 11.5. The molecule has 0 spiro atoms. The molecule has 0 aliphatic carbocycles. The van der Waals surface area contributed by atoms with Gasteiger partial charge in [0.15, 0.2) is 9.84 Å². The molecule has 1 saturated heterocycles. The lowest BCUT2D eigenvalue weighted by molar-refractivity contribution is -0.399. The first-order valence-corrected chi connectivity index (χ1v) is 16.9. The van der Waals surface area contributed by atoms with Crippen molar-refractivity contribution < 1.29 is 42.7 Å². The number of sulfone groups is 1. The van der Waals surface area contributed by atoms with Crippen LogP contribution in [0.2, 0.25) is 0 Å². The Hall–Kier alpha value is -2.02. The third kappa shape index (κ3) is 6.14. The molecule has 4 rings (SSSR count). The number of carbonyl (C=O) groups is 1. The largest absolute Gasteiger partial charge is 0.477 e. The molecule has 9 nitrogen and oxygen atoms in total. The molecule has 1 fully saturated rings. The van der Waals surface area contributed by atoms with Crippen molar-refractivity contribution in [1.29, 1.82) is 0 Å². The summed E-state index contributed by atoms with van der Waals surface area (Å²) in [4.78, 5) is 12.3. The van der Waals surface area contributed by atoms with Crippen LogP contribution in [0, 0.1) is 5.41 Å². The quantitative estimate of drug-likeness (QED) is 0.304. The van der Waals surface area contributed by atoms with Gasteiger partial charge < -0.3 is 24.8 Å². The summed E-state index contributed by atoms with van der Waals surface area (Å²) in [7, 11) is -3.79. The van der Waals surface area contributed by atoms with Crippen molar-refractivity contribution >= 4 is 31.7 Å². The molecule has 2 heterocycles. The lowest BCUT2D eigenvalue weighted by Gasteiger charge is -2.48. The highest BCUT2D eigenvalue weighted by atomic mass is 79.9. The number of rotatable bonds is 10. The zero-order chi connectivity index (χ0) is 30.9. The van der Waals surface area contributed by atoms with E-state index >= 15 is 0 Å². The van der Waals surface area contributed by atoms with Crippen molar-refractivity contribution in [3.63, 3.8) is 0 Å². The van der Waals surface area contributed by atoms with Gasteiger partial charge in [-0.3, -0.25) is 4.74 Å². The molecule has 6 atom stereocenters. The lowest BCUT2D eigenvalue weighted by Crippen LogP contribution is -2.67. The van der Waals surface area contributed by atoms with Gasteiger partial charge in [0.05, 0.1) is 21.7 Å². The van der Waals surface area contributed by atoms with Gasteiger partial charge in [-0.2, -0.15) is 0 Å². The van der Waals surface area contributed by atoms with E-state index in [1.165, 1.54) is 19.9 Å². The first-order chi connectivity index (χ1) is 19.8. The van der Waals surface area contributed by atoms with Gasteiger partial charge in [0.25, 0.3) is 5.79 Å². The molecule has 3 N–H and O–H groups in total. The summed E-state index contributed by atoms with van der Waals surface area (Å²) in [5.41, 5.74) is -0.483. The van der Waals surface area contributed by atoms with E-state index in [1.54, 1.807) is 6.07 Å². The second kappa shape index (κ2) is 12.5. The molecule has 0 radical (unpaired) electrons. The first-order valence-electron chi connectivity index (χ1n) is 14.5. The highest BCUT2D eigenvalue weighted by Gasteiger charge is 2.58. The van der Waals surface area contributed by atoms with Crippen LogP contribution in [0.15, 0.2) is 51.8 Å². The van der Waals surface area contributed by atoms with E-state index < -0.39 is 51.6 Å². The van der Waals surface area contributed by atoms with Crippen LogP contribution >= 0.6 is 15.9 Å². The number of aliphatic carboxylic acids is 1. The molecular formula is C31H41BrO9S. The molecule has 2 aliphatic heterocycles. The molecule has 42 heavy (non-hydrogen) atoms. The molecule has 4 unspecified atom stereocenters. The summed E-state index contributed by atoms with van der Waals surface area (Å²) in [5, 5.41) is 31.0. The van der Waals surface area contributed by atoms with Crippen LogP contribution in [-0.2, 0) is 24.1 Å². The van der Waals surface area contributed by atoms with E-state index in [0.29, 0.717) is 22.9 Å². The maximum Gasteiger partial charge on any atom is 0.364 e. The predicted octanol–water partition coefficient (Wildman–Crippen LogP) is 5.40. The van der Waals surface area contributed by atoms with Gasteiger partial charge in [0.2, 0.25) is 6.29 Å². The average Bonchev–Trinajstić information content (AvgIpc) is 3.06. The van der Waals surface area contributed by atoms with Crippen LogP contribution < -0.4 is 4.74 Å². The van der Waals surface area contributed by atoms with E-state index in [-0.39, 0.29) is 28.7 Å². The van der Waals surface area contributed by atoms with E-state index in [9.17, 15) is 28.5 Å². The van der Waals surface area contributed by atoms with Gasteiger partial charge in [-0.1, -0.05) is 63.9 Å². The van der Waals surface area contributed by atoms with Crippen molar-refractivity contribution in [2.45, 2.75) is 101 Å². The number of benzene rings is 2. The van der Waals surface area contributed by atoms with Crippen molar-refractivity contribution in [3.05, 3.63) is 58.1 Å². The number of unbranched alkanes of at least 4 members (excludes halogenated alkanes) is 1. The summed E-state index contributed by atoms with van der Waals surface area (Å²) < 4.78 is 46.0. The number of hydrogen-bond acceptors (Lipinski definition) is 8. The summed E-state index contributed by atoms with van der Waals surface area (Å²) >= 11 is 3.54. The Morgan fingerprint density at radius 2 is 1.83 bits per heavy atom. The maximum absolute atomic E-state index is 14.1. The van der Waals surface area contributed by atoms with Crippen LogP contribution in [0.3, 0.4) is 0 Å². The Labute approximate surface area is 256 Å². The highest BCUT2D eigenvalue weighted by molar-refractivity contribution is 9.10. The smallest absolute Gasteiger partial charge is 0.364 e. The minimum atomic E-state index is -3.79. The number of fused-ring (bicyclic) bond motifs is 1. The molecule has 0 saturated carbocycles. The van der Waals surface area contributed by atoms with Crippen LogP contribution in [0.25, 0.3) is 0 Å². The van der Waals surface area contributed by atoms with Crippen LogP contribution in [-0.4, -0.2) is 65.8 Å². The zero-order valence-corrected chi connectivity index (χ0v) is 26.9. The number of carboxylic acids is 1. The Morgan fingerprint density at radius 3 is 2.40 bits per heavy atom. The van der Waals surface area contributed by atoms with Crippen LogP contribution in [0.4, 0.5) is 0 Å². The number of ether oxygens (including phenoxy) is 3. The average molecular weight is 670 g/mol. The van der Waals surface area contributed by atoms with Crippen molar-refractivity contribution in [2.75, 3.05) is 12.4 Å². The van der Waals surface area contributed by atoms with Crippen molar-refractivity contribution in [3.8, 4) is 5.75 Å². The van der Waals surface area contributed by atoms with Crippen LogP contribution in [0.5, 0.6) is 5.75 Å². The van der Waals surface area contributed by atoms with Gasteiger partial charge in [-0.05, 0) is 64.7 Å². The van der Waals surface area contributed by atoms with E-state index in [0.717, 1.165) is 24.8 Å². The SMILES string of the molecule is CCCC[C@@]1(CC)C[C@H](c2ccccc2)c2cc(Br)c(OC3OC(CC)(C(=O)O)OC(C)(CO)C3O)cc2S(=O)(=O)C1. The Balaban J connectivity index is 1.84. The third-order valence-electron chi connectivity index (χ3n) is 8.86. The fourth-order valence-electron chi connectivity index (χ4n) is 6.14. The number of carboxylic acid groups (broad SMARTS) is 1. The molecule has 0 aromatic heterocycles. The zero-order valence-electron chi connectivity index (χ0n) is 24.5. The lowest BCUT2D eigenvalue weighted by atomic mass is 9.71. The second-order valence-electron chi connectivity index (χ2n) is 11.7. The monoisotopic (exact) mass is 668 g/mol. The minimum absolute atomic E-state index is 0.00908. The van der Waals surface area contributed by atoms with Gasteiger partial charge in [0.1, 0.15) is 17.5 Å². The van der Waals surface area contributed by atoms with Gasteiger partial charge >= 0.3 is 5.97 Å². The fraction of sp³-hybridized carbons (Fsp3) is 0.581. The molecule has 0 bridgehead atoms. The molecule has 2 aromatic carbocycles. The van der Waals surface area contributed by atoms with Gasteiger partial charge in [-0.15, -0.1) is 0 Å². The number of halogens is 1. The van der Waals surface area contributed by atoms with Gasteiger partial charge in [0, 0.05) is 18.4 Å². The molecule has 232 valence electrons. The highest BCUT2D eigenvalue weighted by Crippen LogP contribution is 2.50. The Morgan fingerprint density at radius 1 is 1.14 bits per heavy atom. The predicted molar refractivity (Wildman–Crippen MR) is 160 cm³/mol. The van der Waals surface area contributed by atoms with E-state index in [1.807, 2.05) is 30.3 Å². The molecule has 11 heteroatoms. The number of aliphatic hydroxyl groups excluding tert-OH is 2. The summed E-state index contributed by atoms with van der Waals surface area (Å²) in [6.07, 6.45) is 0.734. The molecule has 0 amide bonds. The molecule has 2 aromatic rings. The van der Waals surface area contributed by atoms with Crippen LogP contribution in [0.1, 0.15) is 83.3 Å². The van der Waals surface area contributed by atoms with Crippen molar-refractivity contribution in [2.24, 2.45) is 5.41 Å². The number of hydrogen-bond donors (Lipinski definition) is 3. The Kier molecular flexibility index (Phi) is 9.81. The topological polar surface area (TPSA) is 140 Å². The fourth-order valence-corrected chi connectivity index (χ4v) is 8.87. The van der Waals surface area contributed by atoms with Gasteiger partial charge in [-0.25, -0.2) is 13.2 Å². The minimum Gasteiger partial charge on any atom is -0.477 e. The Bertz CT molecular complexity index is 1380. The standard InChI is InChI=1S/C31H41BrO9S/c1-5-8-14-30(6-2)17-22(20-12-10-9-11-13-20)21-15-23(32)24(16-25(21)42(37,38)19-30)39-27-26(34)29(4,18-33)41-31(7-3,40-27)28(35)36/h9-13,15-16,22,26-27,33-34H,5-8,14,17-19H2,1-4H3,(H,35,36)/t22-,26?,27?,29?,30+,31?/m1/s1. The maximum atomic E-state index is 14.1. The van der Waals surface area contributed by atoms with Crippen molar-refractivity contribution in [1.82, 2.24) is 0 Å². The summed E-state index contributed by atoms with van der Waals surface area (Å²) in [6.45, 7) is 6.35.